The van der Waals surface area contributed by atoms with Gasteiger partial charge in [-0.05, 0) is 0 Å². The number of allylic oxidation sites excluding steroid dienone is 1. The third kappa shape index (κ3) is 3.05. The van der Waals surface area contributed by atoms with Crippen molar-refractivity contribution in [3.05, 3.63) is 24.4 Å². The van der Waals surface area contributed by atoms with Crippen LogP contribution in [0, 0.1) is 0 Å². The third-order valence-electron chi connectivity index (χ3n) is 1.57. The van der Waals surface area contributed by atoms with Gasteiger partial charge in [-0.2, -0.15) is 0 Å². The quantitative estimate of drug-likeness (QED) is 0.565. The Morgan fingerprint density at radius 3 is 2.64 bits per heavy atom. The highest BCUT2D eigenvalue weighted by molar-refractivity contribution is 6.05. The molecular weight excluding hydrogens is 176 g/mol. The summed E-state index contributed by atoms with van der Waals surface area (Å²) in [5, 5.41) is 0. The Hall–Kier alpha value is -1.58. The molecule has 4 nitrogen and oxygen atoms in total. The number of rotatable bonds is 3. The number of nitrogens with one attached hydrogen (secondary N) is 1. The summed E-state index contributed by atoms with van der Waals surface area (Å²) in [6, 6.07) is 0. The minimum absolute atomic E-state index is 0.882. The zero-order valence-corrected chi connectivity index (χ0v) is 9.15. The van der Waals surface area contributed by atoms with Gasteiger partial charge in [-0.25, -0.2) is 9.56 Å². The Morgan fingerprint density at radius 1 is 1.50 bits per heavy atom. The molecule has 0 saturated carbocycles. The van der Waals surface area contributed by atoms with Crippen LogP contribution in [0.1, 0.15) is 5.82 Å². The van der Waals surface area contributed by atoms with E-state index in [0.29, 0.717) is 0 Å². The van der Waals surface area contributed by atoms with Crippen molar-refractivity contribution in [2.24, 2.45) is 0 Å². The largest absolute Gasteiger partial charge is 0.383 e. The van der Waals surface area contributed by atoms with Crippen molar-refractivity contribution >= 4 is 11.8 Å². The molecule has 14 heavy (non-hydrogen) atoms. The number of hydrogen-bond donors (Lipinski definition) is 1. The second-order valence-corrected chi connectivity index (χ2v) is 3.58. The molecule has 76 valence electrons. The van der Waals surface area contributed by atoms with Crippen LogP contribution in [-0.2, 0) is 0 Å². The average molecular weight is 193 g/mol. The molecule has 1 heterocycles. The van der Waals surface area contributed by atoms with E-state index in [1.54, 1.807) is 6.20 Å². The van der Waals surface area contributed by atoms with Gasteiger partial charge in [-0.15, -0.1) is 0 Å². The first-order valence-electron chi connectivity index (χ1n) is 4.49. The van der Waals surface area contributed by atoms with Gasteiger partial charge in [0.15, 0.2) is 6.21 Å². The number of aromatic amines is 1. The number of aromatic nitrogens is 2. The molecule has 0 bridgehead atoms. The summed E-state index contributed by atoms with van der Waals surface area (Å²) in [4.78, 5) is 9.30. The molecule has 0 saturated heterocycles. The summed E-state index contributed by atoms with van der Waals surface area (Å²) < 4.78 is 2.00. The molecule has 0 aliphatic rings. The lowest BCUT2D eigenvalue weighted by molar-refractivity contribution is -0.458. The average Bonchev–Trinajstić information content (AvgIpc) is 2.52. The third-order valence-corrected chi connectivity index (χ3v) is 1.57. The molecule has 1 rings (SSSR count). The number of H-pyrrole nitrogens is 1. The van der Waals surface area contributed by atoms with Crippen molar-refractivity contribution in [2.45, 2.75) is 0 Å². The van der Waals surface area contributed by atoms with E-state index in [0.717, 1.165) is 11.4 Å². The Balaban J connectivity index is 3.01. The van der Waals surface area contributed by atoms with Crippen LogP contribution in [0.3, 0.4) is 0 Å². The van der Waals surface area contributed by atoms with Crippen LogP contribution in [0.5, 0.6) is 0 Å². The Kier molecular flexibility index (Phi) is 3.45. The Bertz CT molecular complexity index is 329. The summed E-state index contributed by atoms with van der Waals surface area (Å²) in [6.45, 7) is 0. The molecule has 0 aliphatic heterocycles. The van der Waals surface area contributed by atoms with Gasteiger partial charge >= 0.3 is 0 Å². The molecule has 1 aromatic rings. The van der Waals surface area contributed by atoms with Gasteiger partial charge in [0.2, 0.25) is 0 Å². The molecule has 0 spiro atoms. The maximum absolute atomic E-state index is 4.21. The molecule has 0 radical (unpaired) electrons. The molecule has 0 aromatic carbocycles. The zero-order valence-electron chi connectivity index (χ0n) is 9.15. The van der Waals surface area contributed by atoms with Crippen LogP contribution in [0.15, 0.2) is 18.6 Å². The first-order chi connectivity index (χ1) is 6.59. The van der Waals surface area contributed by atoms with Crippen molar-refractivity contribution in [3.63, 3.8) is 0 Å². The van der Waals surface area contributed by atoms with Gasteiger partial charge in [0.1, 0.15) is 19.9 Å². The molecule has 0 amide bonds. The Morgan fingerprint density at radius 2 is 2.21 bits per heavy atom. The smallest absolute Gasteiger partial charge is 0.175 e. The predicted octanol–water partition coefficient (Wildman–Crippen LogP) is 0.655. The van der Waals surface area contributed by atoms with Crippen LogP contribution in [-0.4, -0.2) is 53.8 Å². The highest BCUT2D eigenvalue weighted by atomic mass is 15.0. The second kappa shape index (κ2) is 4.60. The molecule has 1 aromatic heterocycles. The normalized spacial score (nSPS) is 11.3. The standard InChI is InChI=1S/C10H17N4/c1-13(2)7-9(8-14(3)4)10-11-5-6-12-10/h5-8H,1-4H3,(H,11,12)/q+1. The minimum Gasteiger partial charge on any atom is -0.383 e. The fourth-order valence-electron chi connectivity index (χ4n) is 1.14. The summed E-state index contributed by atoms with van der Waals surface area (Å²) in [5.74, 6) is 0.882. The van der Waals surface area contributed by atoms with Crippen molar-refractivity contribution in [3.8, 4) is 0 Å². The lowest BCUT2D eigenvalue weighted by atomic mass is 10.3. The van der Waals surface area contributed by atoms with Gasteiger partial charge in [-0.1, -0.05) is 0 Å². The van der Waals surface area contributed by atoms with E-state index in [9.17, 15) is 0 Å². The minimum atomic E-state index is 0.882. The number of hydrogen-bond acceptors (Lipinski definition) is 2. The van der Waals surface area contributed by atoms with Crippen LogP contribution in [0.25, 0.3) is 5.57 Å². The zero-order chi connectivity index (χ0) is 10.6. The topological polar surface area (TPSA) is 34.9 Å². The van der Waals surface area contributed by atoms with Crippen LogP contribution < -0.4 is 0 Å². The molecule has 1 N–H and O–H groups in total. The molecular formula is C10H17N4+. The molecule has 0 unspecified atom stereocenters. The van der Waals surface area contributed by atoms with E-state index in [1.165, 1.54) is 0 Å². The van der Waals surface area contributed by atoms with Gasteiger partial charge < -0.3 is 9.88 Å². The number of nitrogens with zero attached hydrogens (tertiary/aromatic N) is 3. The lowest BCUT2D eigenvalue weighted by Gasteiger charge is -2.05. The summed E-state index contributed by atoms with van der Waals surface area (Å²) in [5.41, 5.74) is 1.06. The van der Waals surface area contributed by atoms with Crippen LogP contribution >= 0.6 is 0 Å². The molecule has 4 heteroatoms. The van der Waals surface area contributed by atoms with Crippen molar-refractivity contribution in [2.75, 3.05) is 28.2 Å². The van der Waals surface area contributed by atoms with E-state index in [2.05, 4.69) is 9.97 Å². The van der Waals surface area contributed by atoms with Gasteiger partial charge in [0.25, 0.3) is 0 Å². The Labute approximate surface area is 84.6 Å². The van der Waals surface area contributed by atoms with Gasteiger partial charge in [0, 0.05) is 32.7 Å². The van der Waals surface area contributed by atoms with E-state index < -0.39 is 0 Å². The van der Waals surface area contributed by atoms with Crippen LogP contribution in [0.2, 0.25) is 0 Å². The van der Waals surface area contributed by atoms with Crippen molar-refractivity contribution in [1.29, 1.82) is 0 Å². The van der Waals surface area contributed by atoms with Crippen molar-refractivity contribution in [1.82, 2.24) is 14.9 Å². The molecule has 0 fully saturated rings. The lowest BCUT2D eigenvalue weighted by Crippen LogP contribution is -2.07. The fraction of sp³-hybridized carbons (Fsp3) is 0.400. The van der Waals surface area contributed by atoms with Crippen LogP contribution in [0.4, 0.5) is 0 Å². The molecule has 0 atom stereocenters. The van der Waals surface area contributed by atoms with Gasteiger partial charge in [0.05, 0.1) is 5.57 Å². The van der Waals surface area contributed by atoms with Gasteiger partial charge in [-0.3, -0.25) is 0 Å². The summed E-state index contributed by atoms with van der Waals surface area (Å²) in [6.07, 6.45) is 7.63. The van der Waals surface area contributed by atoms with E-state index in [4.69, 9.17) is 0 Å². The van der Waals surface area contributed by atoms with E-state index in [1.807, 2.05) is 56.3 Å². The highest BCUT2D eigenvalue weighted by Crippen LogP contribution is 2.05. The highest BCUT2D eigenvalue weighted by Gasteiger charge is 2.05. The van der Waals surface area contributed by atoms with E-state index in [-0.39, 0.29) is 0 Å². The summed E-state index contributed by atoms with van der Waals surface area (Å²) >= 11 is 0. The monoisotopic (exact) mass is 193 g/mol. The SMILES string of the molecule is CN(C)/C=C(/C=[N+](C)C)c1ncc[nH]1. The maximum Gasteiger partial charge on any atom is 0.175 e. The van der Waals surface area contributed by atoms with Crippen molar-refractivity contribution < 1.29 is 4.58 Å². The predicted molar refractivity (Wildman–Crippen MR) is 58.4 cm³/mol. The maximum atomic E-state index is 4.21. The van der Waals surface area contributed by atoms with E-state index >= 15 is 0 Å². The fourth-order valence-corrected chi connectivity index (χ4v) is 1.14. The second-order valence-electron chi connectivity index (χ2n) is 3.58. The molecule has 0 aliphatic carbocycles. The summed E-state index contributed by atoms with van der Waals surface area (Å²) in [7, 11) is 7.97. The first-order valence-corrected chi connectivity index (χ1v) is 4.49. The first kappa shape index (κ1) is 10.5. The number of imidazole rings is 1.